The number of hydrogen-bond acceptors (Lipinski definition) is 6. The van der Waals surface area contributed by atoms with Gasteiger partial charge in [0.1, 0.15) is 11.0 Å². The van der Waals surface area contributed by atoms with Crippen LogP contribution in [0.4, 0.5) is 0 Å². The number of nitrogens with two attached hydrogens (primary N) is 1. The molecule has 1 amide bonds. The molecule has 2 heterocycles. The molecule has 0 saturated heterocycles. The Hall–Kier alpha value is -3.07. The number of rotatable bonds is 10. The molecule has 1 aliphatic heterocycles. The molecular weight excluding hydrogens is 428 g/mol. The second-order valence-corrected chi connectivity index (χ2v) is 7.96. The van der Waals surface area contributed by atoms with Crippen LogP contribution in [0.2, 0.25) is 0 Å². The standard InChI is InChI=1S/C23H27ClN6O2/c24-21-6-5-18(13-29-21)20(31)14-27-8-7-15-1-3-17(4-2-15)23(32)30-11-16-9-19(22(25)26)12-28-10-16/h1-5,9-10,12,20,27,31H,6-8,11,13-14H2,(H3,25,26)(H,30,32). The summed E-state index contributed by atoms with van der Waals surface area (Å²) in [7, 11) is 0. The molecule has 1 unspecified atom stereocenters. The molecule has 0 bridgehead atoms. The summed E-state index contributed by atoms with van der Waals surface area (Å²) in [6, 6.07) is 9.16. The fourth-order valence-electron chi connectivity index (χ4n) is 3.20. The van der Waals surface area contributed by atoms with Crippen molar-refractivity contribution in [1.82, 2.24) is 15.6 Å². The van der Waals surface area contributed by atoms with Crippen molar-refractivity contribution in [2.45, 2.75) is 25.5 Å². The van der Waals surface area contributed by atoms with Gasteiger partial charge in [-0.25, -0.2) is 0 Å². The van der Waals surface area contributed by atoms with Crippen molar-refractivity contribution in [3.63, 3.8) is 0 Å². The Morgan fingerprint density at radius 2 is 2.00 bits per heavy atom. The summed E-state index contributed by atoms with van der Waals surface area (Å²) in [6.07, 6.45) is 5.87. The number of hydrogen-bond donors (Lipinski definition) is 5. The molecule has 9 heteroatoms. The van der Waals surface area contributed by atoms with Crippen molar-refractivity contribution < 1.29 is 9.90 Å². The molecule has 0 radical (unpaired) electrons. The number of aromatic nitrogens is 1. The summed E-state index contributed by atoms with van der Waals surface area (Å²) in [5, 5.41) is 24.4. The molecule has 0 saturated carbocycles. The first-order chi connectivity index (χ1) is 15.4. The van der Waals surface area contributed by atoms with E-state index in [2.05, 4.69) is 20.6 Å². The smallest absolute Gasteiger partial charge is 0.251 e. The molecule has 0 fully saturated rings. The largest absolute Gasteiger partial charge is 0.387 e. The van der Waals surface area contributed by atoms with E-state index in [4.69, 9.17) is 22.7 Å². The van der Waals surface area contributed by atoms with Gasteiger partial charge in [0.05, 0.1) is 12.6 Å². The number of halogens is 1. The third kappa shape index (κ3) is 6.98. The Morgan fingerprint density at radius 1 is 1.22 bits per heavy atom. The third-order valence-corrected chi connectivity index (χ3v) is 5.37. The maximum absolute atomic E-state index is 12.4. The topological polar surface area (TPSA) is 136 Å². The van der Waals surface area contributed by atoms with Crippen LogP contribution in [0.5, 0.6) is 0 Å². The summed E-state index contributed by atoms with van der Waals surface area (Å²) < 4.78 is 0. The summed E-state index contributed by atoms with van der Waals surface area (Å²) in [5.74, 6) is -0.245. The first kappa shape index (κ1) is 23.6. The van der Waals surface area contributed by atoms with E-state index in [1.807, 2.05) is 18.2 Å². The van der Waals surface area contributed by atoms with E-state index in [-0.39, 0.29) is 11.7 Å². The van der Waals surface area contributed by atoms with Crippen LogP contribution in [0.15, 0.2) is 59.4 Å². The van der Waals surface area contributed by atoms with Crippen LogP contribution in [0.3, 0.4) is 0 Å². The lowest BCUT2D eigenvalue weighted by Gasteiger charge is -2.17. The van der Waals surface area contributed by atoms with E-state index in [9.17, 15) is 9.90 Å². The number of allylic oxidation sites excluding steroid dienone is 1. The minimum absolute atomic E-state index is 0.0598. The lowest BCUT2D eigenvalue weighted by Crippen LogP contribution is -2.31. The van der Waals surface area contributed by atoms with Gasteiger partial charge in [0, 0.05) is 43.0 Å². The number of nitrogens with zero attached hydrogens (tertiary/aromatic N) is 2. The van der Waals surface area contributed by atoms with Gasteiger partial charge < -0.3 is 21.5 Å². The average Bonchev–Trinajstić information content (AvgIpc) is 2.81. The van der Waals surface area contributed by atoms with Crippen LogP contribution in [-0.2, 0) is 13.0 Å². The van der Waals surface area contributed by atoms with E-state index in [1.54, 1.807) is 24.4 Å². The number of nitrogen functional groups attached to an aromatic ring is 1. The van der Waals surface area contributed by atoms with E-state index >= 15 is 0 Å². The molecule has 0 spiro atoms. The van der Waals surface area contributed by atoms with Crippen LogP contribution in [0.1, 0.15) is 33.5 Å². The van der Waals surface area contributed by atoms with Gasteiger partial charge in [0.2, 0.25) is 0 Å². The van der Waals surface area contributed by atoms with Gasteiger partial charge in [-0.15, -0.1) is 0 Å². The zero-order valence-corrected chi connectivity index (χ0v) is 18.4. The summed E-state index contributed by atoms with van der Waals surface area (Å²) in [5.41, 5.74) is 9.31. The van der Waals surface area contributed by atoms with E-state index in [0.717, 1.165) is 23.1 Å². The van der Waals surface area contributed by atoms with E-state index in [1.165, 1.54) is 6.20 Å². The van der Waals surface area contributed by atoms with Crippen LogP contribution in [0.25, 0.3) is 0 Å². The predicted molar refractivity (Wildman–Crippen MR) is 126 cm³/mol. The quantitative estimate of drug-likeness (QED) is 0.161. The number of benzene rings is 1. The van der Waals surface area contributed by atoms with Crippen molar-refractivity contribution in [3.8, 4) is 0 Å². The van der Waals surface area contributed by atoms with Crippen molar-refractivity contribution in [2.75, 3.05) is 19.6 Å². The lowest BCUT2D eigenvalue weighted by atomic mass is 10.1. The van der Waals surface area contributed by atoms with Crippen LogP contribution < -0.4 is 16.4 Å². The van der Waals surface area contributed by atoms with Gasteiger partial charge in [-0.1, -0.05) is 29.8 Å². The Kier molecular flexibility index (Phi) is 8.49. The van der Waals surface area contributed by atoms with Gasteiger partial charge in [0.25, 0.3) is 5.91 Å². The van der Waals surface area contributed by atoms with Crippen molar-refractivity contribution in [2.24, 2.45) is 10.7 Å². The number of aliphatic hydroxyl groups excluding tert-OH is 1. The second kappa shape index (κ2) is 11.5. The zero-order chi connectivity index (χ0) is 22.9. The number of carbonyl (C=O) groups excluding carboxylic acids is 1. The average molecular weight is 455 g/mol. The van der Waals surface area contributed by atoms with Gasteiger partial charge in [-0.2, -0.15) is 0 Å². The SMILES string of the molecule is N=C(N)c1cncc(CNC(=O)c2ccc(CCNCC(O)C3=CCC(Cl)=NC3)cc2)c1. The Labute approximate surface area is 192 Å². The number of carbonyl (C=O) groups is 1. The van der Waals surface area contributed by atoms with Gasteiger partial charge in [0.15, 0.2) is 0 Å². The molecule has 1 aromatic carbocycles. The minimum Gasteiger partial charge on any atom is -0.387 e. The minimum atomic E-state index is -0.569. The Balaban J connectivity index is 1.40. The maximum atomic E-state index is 12.4. The molecule has 32 heavy (non-hydrogen) atoms. The highest BCUT2D eigenvalue weighted by Crippen LogP contribution is 2.12. The summed E-state index contributed by atoms with van der Waals surface area (Å²) >= 11 is 5.84. The fourth-order valence-corrected chi connectivity index (χ4v) is 3.34. The van der Waals surface area contributed by atoms with Gasteiger partial charge >= 0.3 is 0 Å². The van der Waals surface area contributed by atoms with Gasteiger partial charge in [-0.3, -0.25) is 20.2 Å². The third-order valence-electron chi connectivity index (χ3n) is 5.10. The molecule has 1 atom stereocenters. The highest BCUT2D eigenvalue weighted by molar-refractivity contribution is 6.65. The molecule has 1 aliphatic rings. The number of aliphatic imine (C=N–C) groups is 1. The van der Waals surface area contributed by atoms with Crippen LogP contribution >= 0.6 is 11.6 Å². The first-order valence-corrected chi connectivity index (χ1v) is 10.7. The Morgan fingerprint density at radius 3 is 2.69 bits per heavy atom. The second-order valence-electron chi connectivity index (χ2n) is 7.52. The molecule has 0 aliphatic carbocycles. The van der Waals surface area contributed by atoms with Crippen LogP contribution in [0, 0.1) is 5.41 Å². The fraction of sp³-hybridized carbons (Fsp3) is 0.304. The lowest BCUT2D eigenvalue weighted by molar-refractivity contribution is 0.0951. The first-order valence-electron chi connectivity index (χ1n) is 10.3. The molecule has 3 rings (SSSR count). The van der Waals surface area contributed by atoms with E-state index in [0.29, 0.717) is 48.9 Å². The molecule has 168 valence electrons. The van der Waals surface area contributed by atoms with Gasteiger partial charge in [-0.05, 0) is 47.9 Å². The molecule has 1 aromatic heterocycles. The highest BCUT2D eigenvalue weighted by atomic mass is 35.5. The number of dihydropyridines is 1. The highest BCUT2D eigenvalue weighted by Gasteiger charge is 2.13. The molecule has 8 nitrogen and oxygen atoms in total. The van der Waals surface area contributed by atoms with Crippen LogP contribution in [-0.4, -0.2) is 52.7 Å². The normalized spacial score (nSPS) is 14.3. The Bertz CT molecular complexity index is 1020. The number of pyridine rings is 1. The predicted octanol–water partition coefficient (Wildman–Crippen LogP) is 1.76. The number of amides is 1. The zero-order valence-electron chi connectivity index (χ0n) is 17.6. The maximum Gasteiger partial charge on any atom is 0.251 e. The monoisotopic (exact) mass is 454 g/mol. The molecule has 2 aromatic rings. The molecule has 6 N–H and O–H groups in total. The number of nitrogens with one attached hydrogen (secondary N) is 3. The summed E-state index contributed by atoms with van der Waals surface area (Å²) in [6.45, 7) is 1.91. The van der Waals surface area contributed by atoms with Crippen molar-refractivity contribution in [3.05, 3.63) is 76.6 Å². The van der Waals surface area contributed by atoms with Crippen molar-refractivity contribution in [1.29, 1.82) is 5.41 Å². The number of aliphatic hydroxyl groups is 1. The van der Waals surface area contributed by atoms with E-state index < -0.39 is 6.10 Å². The number of amidine groups is 1. The van der Waals surface area contributed by atoms with Crippen molar-refractivity contribution >= 4 is 28.5 Å². The molecular formula is C23H27ClN6O2. The summed E-state index contributed by atoms with van der Waals surface area (Å²) in [4.78, 5) is 20.6.